The zero-order valence-corrected chi connectivity index (χ0v) is 11.0. The van der Waals surface area contributed by atoms with Crippen molar-refractivity contribution in [3.8, 4) is 0 Å². The zero-order chi connectivity index (χ0) is 13.1. The smallest absolute Gasteiger partial charge is 0.166 e. The maximum Gasteiger partial charge on any atom is 0.166 e. The average molecular weight is 253 g/mol. The van der Waals surface area contributed by atoms with Crippen LogP contribution in [0.5, 0.6) is 0 Å². The highest BCUT2D eigenvalue weighted by molar-refractivity contribution is 5.98. The van der Waals surface area contributed by atoms with Crippen LogP contribution in [0.25, 0.3) is 0 Å². The number of hydrogen-bond donors (Lipinski definition) is 1. The van der Waals surface area contributed by atoms with Gasteiger partial charge in [-0.1, -0.05) is 36.8 Å². The average Bonchev–Trinajstić information content (AvgIpc) is 2.48. The highest BCUT2D eigenvalue weighted by Gasteiger charge is 2.28. The third-order valence-corrected chi connectivity index (χ3v) is 4.03. The lowest BCUT2D eigenvalue weighted by atomic mass is 9.81. The van der Waals surface area contributed by atoms with E-state index in [0.29, 0.717) is 11.8 Å². The van der Waals surface area contributed by atoms with Gasteiger partial charge in [0.2, 0.25) is 0 Å². The minimum atomic E-state index is 0.184. The molecule has 19 heavy (non-hydrogen) atoms. The Balaban J connectivity index is 2.12. The molecule has 0 aromatic heterocycles. The summed E-state index contributed by atoms with van der Waals surface area (Å²) in [6.07, 6.45) is 4.29. The fourth-order valence-electron chi connectivity index (χ4n) is 3.03. The fraction of sp³-hybridized carbons (Fsp3) is 0.353. The summed E-state index contributed by atoms with van der Waals surface area (Å²) in [5.41, 5.74) is 1.92. The van der Waals surface area contributed by atoms with Crippen LogP contribution in [-0.4, -0.2) is 11.8 Å². The van der Waals surface area contributed by atoms with Gasteiger partial charge in [-0.15, -0.1) is 0 Å². The van der Waals surface area contributed by atoms with Crippen molar-refractivity contribution in [1.29, 1.82) is 0 Å². The molecule has 1 heterocycles. The van der Waals surface area contributed by atoms with Crippen LogP contribution in [0.3, 0.4) is 0 Å². The van der Waals surface area contributed by atoms with Gasteiger partial charge in [0.25, 0.3) is 0 Å². The highest BCUT2D eigenvalue weighted by atomic mass is 16.1. The van der Waals surface area contributed by atoms with E-state index < -0.39 is 0 Å². The molecule has 1 N–H and O–H groups in total. The summed E-state index contributed by atoms with van der Waals surface area (Å²) in [6, 6.07) is 16.3. The van der Waals surface area contributed by atoms with Crippen LogP contribution < -0.4 is 5.32 Å². The Morgan fingerprint density at radius 2 is 1.79 bits per heavy atom. The molecule has 2 atom stereocenters. The van der Waals surface area contributed by atoms with Gasteiger partial charge in [-0.2, -0.15) is 0 Å². The van der Waals surface area contributed by atoms with E-state index in [1.165, 1.54) is 0 Å². The van der Waals surface area contributed by atoms with Crippen molar-refractivity contribution in [1.82, 2.24) is 0 Å². The number of carbonyl (C=O) groups is 1. The molecule has 2 aliphatic rings. The van der Waals surface area contributed by atoms with Crippen molar-refractivity contribution < 1.29 is 4.79 Å². The maximum absolute atomic E-state index is 12.6. The van der Waals surface area contributed by atoms with Crippen LogP contribution in [0.4, 0.5) is 5.69 Å². The van der Waals surface area contributed by atoms with Gasteiger partial charge in [0.1, 0.15) is 0 Å². The number of nitrogens with one attached hydrogen (secondary N) is 1. The number of ketones is 1. The molecule has 1 aliphatic carbocycles. The lowest BCUT2D eigenvalue weighted by Crippen LogP contribution is -2.30. The molecule has 0 radical (unpaired) electrons. The first-order valence-electron chi connectivity index (χ1n) is 7.07. The number of Topliss-reactive ketones (excluding diaryl/α,β-unsaturated/α-hetero) is 1. The molecule has 1 aromatic carbocycles. The van der Waals surface area contributed by atoms with Crippen LogP contribution in [0.1, 0.15) is 36.0 Å². The van der Waals surface area contributed by atoms with Crippen molar-refractivity contribution in [2.75, 3.05) is 5.32 Å². The molecule has 0 amide bonds. The number of anilines is 1. The van der Waals surface area contributed by atoms with Gasteiger partial charge in [0.05, 0.1) is 0 Å². The minimum Gasteiger partial charge on any atom is -0.382 e. The Bertz CT molecular complexity index is 536. The third kappa shape index (κ3) is 2.78. The first kappa shape index (κ1) is 12.2. The van der Waals surface area contributed by atoms with Gasteiger partial charge in [-0.3, -0.25) is 4.79 Å². The highest BCUT2D eigenvalue weighted by Crippen LogP contribution is 2.30. The Morgan fingerprint density at radius 1 is 0.947 bits per heavy atom. The predicted octanol–water partition coefficient (Wildman–Crippen LogP) is 3.98. The van der Waals surface area contributed by atoms with Crippen molar-refractivity contribution in [3.63, 3.8) is 0 Å². The quantitative estimate of drug-likeness (QED) is 0.757. The van der Waals surface area contributed by atoms with Gasteiger partial charge < -0.3 is 5.32 Å². The summed E-state index contributed by atoms with van der Waals surface area (Å²) in [4.78, 5) is 12.6. The van der Waals surface area contributed by atoms with Crippen molar-refractivity contribution in [3.05, 3.63) is 54.1 Å². The summed E-state index contributed by atoms with van der Waals surface area (Å²) in [6.45, 7) is 0. The zero-order valence-electron chi connectivity index (χ0n) is 11.0. The van der Waals surface area contributed by atoms with Gasteiger partial charge in [-0.05, 0) is 37.5 Å². The fourth-order valence-corrected chi connectivity index (χ4v) is 3.03. The first-order chi connectivity index (χ1) is 9.33. The Morgan fingerprint density at radius 3 is 2.68 bits per heavy atom. The number of hydrogen-bond acceptors (Lipinski definition) is 2. The van der Waals surface area contributed by atoms with Crippen LogP contribution in [0.15, 0.2) is 48.5 Å². The van der Waals surface area contributed by atoms with Crippen molar-refractivity contribution in [2.45, 2.75) is 31.7 Å². The molecule has 0 saturated heterocycles. The van der Waals surface area contributed by atoms with Crippen LogP contribution in [0, 0.1) is 5.92 Å². The Labute approximate surface area is 114 Å². The monoisotopic (exact) mass is 253 g/mol. The second-order valence-corrected chi connectivity index (χ2v) is 5.42. The molecule has 3 rings (SSSR count). The van der Waals surface area contributed by atoms with Gasteiger partial charge in [0, 0.05) is 23.2 Å². The Hall–Kier alpha value is -1.83. The molecule has 2 nitrogen and oxygen atoms in total. The molecule has 0 spiro atoms. The molecular weight excluding hydrogens is 234 g/mol. The van der Waals surface area contributed by atoms with E-state index in [1.54, 1.807) is 0 Å². The van der Waals surface area contributed by atoms with Crippen LogP contribution in [0.2, 0.25) is 0 Å². The van der Waals surface area contributed by atoms with E-state index in [2.05, 4.69) is 11.4 Å². The second kappa shape index (κ2) is 5.43. The van der Waals surface area contributed by atoms with E-state index >= 15 is 0 Å². The van der Waals surface area contributed by atoms with E-state index in [1.807, 2.05) is 42.5 Å². The van der Waals surface area contributed by atoms with Crippen molar-refractivity contribution in [2.24, 2.45) is 5.92 Å². The van der Waals surface area contributed by atoms with Gasteiger partial charge in [-0.25, -0.2) is 0 Å². The summed E-state index contributed by atoms with van der Waals surface area (Å²) in [5.74, 6) is 0.488. The summed E-state index contributed by atoms with van der Waals surface area (Å²) in [5, 5.41) is 3.57. The van der Waals surface area contributed by atoms with Crippen LogP contribution >= 0.6 is 0 Å². The lowest BCUT2D eigenvalue weighted by Gasteiger charge is -2.28. The van der Waals surface area contributed by atoms with Gasteiger partial charge >= 0.3 is 0 Å². The van der Waals surface area contributed by atoms with E-state index in [0.717, 1.165) is 36.9 Å². The molecule has 1 aromatic rings. The maximum atomic E-state index is 12.6. The standard InChI is InChI=1S/C17H19NO/c19-17-13-6-3-1-2-4-8-15(11-10-13)18-16-9-5-7-14(17)12-16/h1-4,6,8,10-11,14,16,18H,5,7,9,12H2. The molecule has 4 bridgehead atoms. The van der Waals surface area contributed by atoms with Gasteiger partial charge in [0.15, 0.2) is 5.78 Å². The molecule has 2 heteroatoms. The molecule has 1 aliphatic heterocycles. The lowest BCUT2D eigenvalue weighted by molar-refractivity contribution is 0.0885. The van der Waals surface area contributed by atoms with Crippen molar-refractivity contribution >= 4 is 11.5 Å². The van der Waals surface area contributed by atoms with E-state index in [4.69, 9.17) is 0 Å². The normalized spacial score (nSPS) is 24.5. The number of fused-ring (bicyclic) bond motifs is 5. The SMILES string of the molecule is O=C1c2ccccccc(cc2)NC2CCCC1C2. The Kier molecular flexibility index (Phi) is 3.49. The number of rotatable bonds is 0. The predicted molar refractivity (Wildman–Crippen MR) is 77.8 cm³/mol. The third-order valence-electron chi connectivity index (χ3n) is 4.03. The van der Waals surface area contributed by atoms with E-state index in [9.17, 15) is 4.79 Å². The summed E-state index contributed by atoms with van der Waals surface area (Å²) in [7, 11) is 0. The van der Waals surface area contributed by atoms with Crippen LogP contribution in [-0.2, 0) is 0 Å². The topological polar surface area (TPSA) is 29.1 Å². The number of carbonyl (C=O) groups excluding carboxylic acids is 1. The minimum absolute atomic E-state index is 0.184. The van der Waals surface area contributed by atoms with E-state index in [-0.39, 0.29) is 5.92 Å². The summed E-state index contributed by atoms with van der Waals surface area (Å²) >= 11 is 0. The second-order valence-electron chi connectivity index (χ2n) is 5.42. The first-order valence-corrected chi connectivity index (χ1v) is 7.07. The molecule has 98 valence electrons. The summed E-state index contributed by atoms with van der Waals surface area (Å²) < 4.78 is 0. The molecule has 2 unspecified atom stereocenters. The molecule has 1 fully saturated rings. The molecular formula is C17H19NO. The molecule has 1 saturated carbocycles. The largest absolute Gasteiger partial charge is 0.382 e.